The fourth-order valence-electron chi connectivity index (χ4n) is 1.01. The van der Waals surface area contributed by atoms with Gasteiger partial charge in [-0.2, -0.15) is 0 Å². The molecule has 0 saturated heterocycles. The van der Waals surface area contributed by atoms with Gasteiger partial charge in [0.05, 0.1) is 16.7 Å². The highest BCUT2D eigenvalue weighted by molar-refractivity contribution is 5.85. The van der Waals surface area contributed by atoms with Crippen LogP contribution in [0.15, 0.2) is 24.4 Å². The lowest BCUT2D eigenvalue weighted by atomic mass is 10.4. The molecule has 0 unspecified atom stereocenters. The molecule has 2 aromatic heterocycles. The third-order valence-corrected chi connectivity index (χ3v) is 1.50. The first-order valence-corrected chi connectivity index (χ1v) is 3.22. The Hall–Kier alpha value is -1.64. The molecule has 1 N–H and O–H groups in total. The summed E-state index contributed by atoms with van der Waals surface area (Å²) in [4.78, 5) is 17.1. The van der Waals surface area contributed by atoms with E-state index in [0.717, 1.165) is 11.0 Å². The molecular formula is C8H5N2O. The first-order valence-electron chi connectivity index (χ1n) is 3.22. The van der Waals surface area contributed by atoms with Crippen LogP contribution in [-0.2, 0) is 4.79 Å². The lowest BCUT2D eigenvalue weighted by Gasteiger charge is -1.82. The molecule has 2 aromatic rings. The summed E-state index contributed by atoms with van der Waals surface area (Å²) in [5.74, 6) is 0. The van der Waals surface area contributed by atoms with Gasteiger partial charge >= 0.3 is 0 Å². The Balaban J connectivity index is 2.78. The van der Waals surface area contributed by atoms with E-state index in [2.05, 4.69) is 9.97 Å². The van der Waals surface area contributed by atoms with E-state index in [1.54, 1.807) is 18.5 Å². The minimum Gasteiger partial charge on any atom is -0.350 e. The van der Waals surface area contributed by atoms with Gasteiger partial charge in [0.2, 0.25) is 0 Å². The van der Waals surface area contributed by atoms with E-state index in [0.29, 0.717) is 5.69 Å². The Labute approximate surface area is 63.1 Å². The Morgan fingerprint density at radius 2 is 2.45 bits per heavy atom. The van der Waals surface area contributed by atoms with Crippen LogP contribution < -0.4 is 0 Å². The van der Waals surface area contributed by atoms with Crippen LogP contribution in [0.3, 0.4) is 0 Å². The summed E-state index contributed by atoms with van der Waals surface area (Å²) in [6.07, 6.45) is 3.46. The summed E-state index contributed by atoms with van der Waals surface area (Å²) in [6.45, 7) is 0. The molecule has 0 atom stereocenters. The highest BCUT2D eigenvalue weighted by atomic mass is 16.1. The van der Waals surface area contributed by atoms with Crippen LogP contribution in [0, 0.1) is 0 Å². The molecule has 2 rings (SSSR count). The number of pyridine rings is 1. The molecule has 0 bridgehead atoms. The number of aromatic amines is 1. The lowest BCUT2D eigenvalue weighted by Crippen LogP contribution is -1.75. The summed E-state index contributed by atoms with van der Waals surface area (Å²) < 4.78 is 0. The number of rotatable bonds is 1. The lowest BCUT2D eigenvalue weighted by molar-refractivity contribution is 0.562. The predicted octanol–water partition coefficient (Wildman–Crippen LogP) is 1.02. The molecular weight excluding hydrogens is 140 g/mol. The first kappa shape index (κ1) is 6.09. The van der Waals surface area contributed by atoms with Crippen LogP contribution in [0.4, 0.5) is 0 Å². The van der Waals surface area contributed by atoms with Gasteiger partial charge in [-0.1, -0.05) is 0 Å². The van der Waals surface area contributed by atoms with Crippen LogP contribution in [-0.4, -0.2) is 16.3 Å². The molecule has 0 aliphatic carbocycles. The second kappa shape index (κ2) is 2.20. The second-order valence-corrected chi connectivity index (χ2v) is 2.22. The highest BCUT2D eigenvalue weighted by Crippen LogP contribution is 2.09. The van der Waals surface area contributed by atoms with Crippen molar-refractivity contribution in [3.8, 4) is 0 Å². The van der Waals surface area contributed by atoms with Crippen molar-refractivity contribution in [3.05, 3.63) is 30.1 Å². The van der Waals surface area contributed by atoms with Crippen LogP contribution >= 0.6 is 0 Å². The van der Waals surface area contributed by atoms with Crippen molar-refractivity contribution in [3.63, 3.8) is 0 Å². The maximum atomic E-state index is 10.2. The Morgan fingerprint density at radius 1 is 1.55 bits per heavy atom. The zero-order valence-corrected chi connectivity index (χ0v) is 5.66. The SMILES string of the molecule is O=[C]c1cc2ncccc2[nH]1. The Kier molecular flexibility index (Phi) is 1.22. The first-order chi connectivity index (χ1) is 5.40. The number of aromatic nitrogens is 2. The van der Waals surface area contributed by atoms with Crippen molar-refractivity contribution in [2.24, 2.45) is 0 Å². The fraction of sp³-hybridized carbons (Fsp3) is 0. The molecule has 3 heteroatoms. The minimum absolute atomic E-state index is 0.443. The highest BCUT2D eigenvalue weighted by Gasteiger charge is 1.98. The summed E-state index contributed by atoms with van der Waals surface area (Å²) in [6, 6.07) is 5.35. The van der Waals surface area contributed by atoms with Gasteiger partial charge < -0.3 is 4.98 Å². The van der Waals surface area contributed by atoms with E-state index in [4.69, 9.17) is 0 Å². The zero-order valence-electron chi connectivity index (χ0n) is 5.66. The topological polar surface area (TPSA) is 45.8 Å². The quantitative estimate of drug-likeness (QED) is 0.651. The van der Waals surface area contributed by atoms with Gasteiger partial charge in [-0.05, 0) is 18.2 Å². The summed E-state index contributed by atoms with van der Waals surface area (Å²) in [7, 11) is 0. The molecule has 0 spiro atoms. The monoisotopic (exact) mass is 145 g/mol. The van der Waals surface area contributed by atoms with Gasteiger partial charge in [-0.3, -0.25) is 9.78 Å². The normalized spacial score (nSPS) is 10.2. The van der Waals surface area contributed by atoms with Gasteiger partial charge in [-0.25, -0.2) is 0 Å². The van der Waals surface area contributed by atoms with Gasteiger partial charge in [0.25, 0.3) is 6.29 Å². The number of fused-ring (bicyclic) bond motifs is 1. The van der Waals surface area contributed by atoms with E-state index in [-0.39, 0.29) is 0 Å². The number of nitrogens with one attached hydrogen (secondary N) is 1. The van der Waals surface area contributed by atoms with E-state index in [9.17, 15) is 4.79 Å². The van der Waals surface area contributed by atoms with Gasteiger partial charge in [0.1, 0.15) is 0 Å². The molecule has 2 heterocycles. The Morgan fingerprint density at radius 3 is 3.18 bits per heavy atom. The second-order valence-electron chi connectivity index (χ2n) is 2.22. The number of hydrogen-bond acceptors (Lipinski definition) is 2. The average molecular weight is 145 g/mol. The molecule has 0 fully saturated rings. The maximum absolute atomic E-state index is 10.2. The van der Waals surface area contributed by atoms with Gasteiger partial charge in [0.15, 0.2) is 0 Å². The number of H-pyrrole nitrogens is 1. The van der Waals surface area contributed by atoms with E-state index in [1.807, 2.05) is 12.1 Å². The van der Waals surface area contributed by atoms with Crippen LogP contribution in [0.25, 0.3) is 11.0 Å². The van der Waals surface area contributed by atoms with Gasteiger partial charge in [0, 0.05) is 6.20 Å². The molecule has 0 aliphatic heterocycles. The summed E-state index contributed by atoms with van der Waals surface area (Å²) in [5, 5.41) is 0. The maximum Gasteiger partial charge on any atom is 0.251 e. The molecule has 1 radical (unpaired) electrons. The third-order valence-electron chi connectivity index (χ3n) is 1.50. The number of nitrogens with zero attached hydrogens (tertiary/aromatic N) is 1. The van der Waals surface area contributed by atoms with E-state index in [1.165, 1.54) is 0 Å². The van der Waals surface area contributed by atoms with Crippen molar-refractivity contribution >= 4 is 17.3 Å². The minimum atomic E-state index is 0.443. The van der Waals surface area contributed by atoms with E-state index >= 15 is 0 Å². The van der Waals surface area contributed by atoms with Crippen molar-refractivity contribution in [1.82, 2.24) is 9.97 Å². The molecule has 3 nitrogen and oxygen atoms in total. The molecule has 0 aromatic carbocycles. The summed E-state index contributed by atoms with van der Waals surface area (Å²) in [5.41, 5.74) is 2.11. The average Bonchev–Trinajstić information content (AvgIpc) is 2.46. The molecule has 11 heavy (non-hydrogen) atoms. The molecule has 0 aliphatic rings. The zero-order chi connectivity index (χ0) is 7.68. The van der Waals surface area contributed by atoms with Crippen molar-refractivity contribution in [2.75, 3.05) is 0 Å². The van der Waals surface area contributed by atoms with Gasteiger partial charge in [-0.15, -0.1) is 0 Å². The van der Waals surface area contributed by atoms with Crippen molar-refractivity contribution < 1.29 is 4.79 Å². The van der Waals surface area contributed by atoms with Crippen molar-refractivity contribution in [1.29, 1.82) is 0 Å². The van der Waals surface area contributed by atoms with Crippen molar-refractivity contribution in [2.45, 2.75) is 0 Å². The van der Waals surface area contributed by atoms with Crippen LogP contribution in [0.1, 0.15) is 5.69 Å². The largest absolute Gasteiger partial charge is 0.350 e. The van der Waals surface area contributed by atoms with E-state index < -0.39 is 0 Å². The standard InChI is InChI=1S/C8H5N2O/c11-5-6-4-8-7(10-6)2-1-3-9-8/h1-4,10H. The molecule has 0 saturated carbocycles. The molecule has 53 valence electrons. The smallest absolute Gasteiger partial charge is 0.251 e. The predicted molar refractivity (Wildman–Crippen MR) is 40.9 cm³/mol. The number of hydrogen-bond donors (Lipinski definition) is 1. The fourth-order valence-corrected chi connectivity index (χ4v) is 1.01. The number of carbonyl (C=O) groups excluding carboxylic acids is 1. The van der Waals surface area contributed by atoms with Crippen LogP contribution in [0.2, 0.25) is 0 Å². The van der Waals surface area contributed by atoms with Crippen LogP contribution in [0.5, 0.6) is 0 Å². The molecule has 0 amide bonds. The third kappa shape index (κ3) is 0.902. The Bertz CT molecular complexity index is 359. The summed E-state index contributed by atoms with van der Waals surface area (Å²) >= 11 is 0.